The van der Waals surface area contributed by atoms with Crippen molar-refractivity contribution >= 4 is 23.3 Å². The standard InChI is InChI=1S/C21H32N6O4/c28-20(23-24-21(29)22-16-17-5-2-1-3-6-17)9-10-25-11-13-26(14-12-25)18-7-4-8-19(15-18)27(30)31/h4,7-8,15,17H,1-3,5-6,9-14,16H2,(H,23,28)(H2,22,24,29). The number of nitro groups is 1. The second kappa shape index (κ2) is 11.5. The van der Waals surface area contributed by atoms with Crippen molar-refractivity contribution in [3.63, 3.8) is 0 Å². The van der Waals surface area contributed by atoms with Crippen molar-refractivity contribution in [3.05, 3.63) is 34.4 Å². The Hall–Kier alpha value is -2.88. The number of nitrogens with one attached hydrogen (secondary N) is 3. The van der Waals surface area contributed by atoms with Gasteiger partial charge in [0.25, 0.3) is 5.69 Å². The zero-order chi connectivity index (χ0) is 22.1. The molecule has 1 aliphatic heterocycles. The third-order valence-electron chi connectivity index (χ3n) is 6.02. The third-order valence-corrected chi connectivity index (χ3v) is 6.02. The van der Waals surface area contributed by atoms with Gasteiger partial charge in [0, 0.05) is 63.5 Å². The van der Waals surface area contributed by atoms with E-state index >= 15 is 0 Å². The Bertz CT molecular complexity index is 760. The van der Waals surface area contributed by atoms with Gasteiger partial charge < -0.3 is 10.2 Å². The quantitative estimate of drug-likeness (QED) is 0.448. The van der Waals surface area contributed by atoms with Crippen LogP contribution in [0.2, 0.25) is 0 Å². The molecule has 1 saturated heterocycles. The normalized spacial score (nSPS) is 17.7. The first kappa shape index (κ1) is 22.8. The summed E-state index contributed by atoms with van der Waals surface area (Å²) in [5.41, 5.74) is 5.81. The first-order chi connectivity index (χ1) is 15.0. The molecule has 1 aromatic rings. The molecular formula is C21H32N6O4. The first-order valence-electron chi connectivity index (χ1n) is 11.1. The lowest BCUT2D eigenvalue weighted by Gasteiger charge is -2.35. The molecule has 0 radical (unpaired) electrons. The molecule has 0 spiro atoms. The lowest BCUT2D eigenvalue weighted by molar-refractivity contribution is -0.384. The van der Waals surface area contributed by atoms with Crippen LogP contribution >= 0.6 is 0 Å². The summed E-state index contributed by atoms with van der Waals surface area (Å²) in [6, 6.07) is 6.28. The van der Waals surface area contributed by atoms with Crippen LogP contribution in [0.4, 0.5) is 16.2 Å². The molecule has 0 aromatic heterocycles. The Labute approximate surface area is 182 Å². The van der Waals surface area contributed by atoms with E-state index in [4.69, 9.17) is 0 Å². The molecule has 0 bridgehead atoms. The van der Waals surface area contributed by atoms with Crippen LogP contribution in [0.5, 0.6) is 0 Å². The van der Waals surface area contributed by atoms with E-state index in [1.54, 1.807) is 12.1 Å². The van der Waals surface area contributed by atoms with Gasteiger partial charge in [0.15, 0.2) is 0 Å². The first-order valence-corrected chi connectivity index (χ1v) is 11.1. The largest absolute Gasteiger partial charge is 0.369 e. The van der Waals surface area contributed by atoms with E-state index < -0.39 is 0 Å². The maximum Gasteiger partial charge on any atom is 0.333 e. The average molecular weight is 433 g/mol. The molecular weight excluding hydrogens is 400 g/mol. The van der Waals surface area contributed by atoms with E-state index in [0.29, 0.717) is 25.4 Å². The number of piperazine rings is 1. The molecule has 0 unspecified atom stereocenters. The molecule has 1 aliphatic carbocycles. The maximum atomic E-state index is 12.0. The van der Waals surface area contributed by atoms with E-state index in [-0.39, 0.29) is 22.5 Å². The molecule has 10 nitrogen and oxygen atoms in total. The van der Waals surface area contributed by atoms with Crippen LogP contribution in [0.15, 0.2) is 24.3 Å². The predicted octanol–water partition coefficient (Wildman–Crippen LogP) is 2.02. The maximum absolute atomic E-state index is 12.0. The Kier molecular flexibility index (Phi) is 8.45. The topological polar surface area (TPSA) is 120 Å². The summed E-state index contributed by atoms with van der Waals surface area (Å²) in [4.78, 5) is 38.7. The molecule has 1 saturated carbocycles. The number of hydrogen-bond acceptors (Lipinski definition) is 6. The number of nitro benzene ring substituents is 1. The average Bonchev–Trinajstić information content (AvgIpc) is 2.81. The van der Waals surface area contributed by atoms with E-state index in [9.17, 15) is 19.7 Å². The third kappa shape index (κ3) is 7.39. The smallest absolute Gasteiger partial charge is 0.333 e. The molecule has 1 aromatic carbocycles. The number of nitrogens with zero attached hydrogens (tertiary/aromatic N) is 3. The van der Waals surface area contributed by atoms with E-state index in [1.807, 2.05) is 6.07 Å². The number of urea groups is 1. The molecule has 3 amide bonds. The van der Waals surface area contributed by atoms with Crippen molar-refractivity contribution in [1.29, 1.82) is 0 Å². The van der Waals surface area contributed by atoms with Crippen LogP contribution in [-0.4, -0.2) is 61.0 Å². The Morgan fingerprint density at radius 3 is 2.52 bits per heavy atom. The van der Waals surface area contributed by atoms with Gasteiger partial charge in [0.2, 0.25) is 5.91 Å². The number of non-ortho nitro benzene ring substituents is 1. The number of carbonyl (C=O) groups is 2. The van der Waals surface area contributed by atoms with Crippen LogP contribution in [0, 0.1) is 16.0 Å². The van der Waals surface area contributed by atoms with Gasteiger partial charge in [-0.25, -0.2) is 10.2 Å². The fourth-order valence-corrected chi connectivity index (χ4v) is 4.15. The number of carbonyl (C=O) groups excluding carboxylic acids is 2. The predicted molar refractivity (Wildman–Crippen MR) is 118 cm³/mol. The Morgan fingerprint density at radius 1 is 1.06 bits per heavy atom. The molecule has 3 N–H and O–H groups in total. The molecule has 170 valence electrons. The summed E-state index contributed by atoms with van der Waals surface area (Å²) in [6.07, 6.45) is 6.33. The highest BCUT2D eigenvalue weighted by Crippen LogP contribution is 2.23. The number of hydrogen-bond donors (Lipinski definition) is 3. The molecule has 2 fully saturated rings. The van der Waals surface area contributed by atoms with Gasteiger partial charge in [-0.3, -0.25) is 25.2 Å². The molecule has 10 heteroatoms. The second-order valence-electron chi connectivity index (χ2n) is 8.24. The van der Waals surface area contributed by atoms with Gasteiger partial charge in [-0.15, -0.1) is 0 Å². The van der Waals surface area contributed by atoms with Gasteiger partial charge >= 0.3 is 6.03 Å². The van der Waals surface area contributed by atoms with Crippen molar-refractivity contribution in [2.75, 3.05) is 44.2 Å². The lowest BCUT2D eigenvalue weighted by atomic mass is 9.89. The highest BCUT2D eigenvalue weighted by molar-refractivity contribution is 5.81. The minimum Gasteiger partial charge on any atom is -0.369 e. The highest BCUT2D eigenvalue weighted by Gasteiger charge is 2.19. The Morgan fingerprint density at radius 2 is 1.81 bits per heavy atom. The second-order valence-corrected chi connectivity index (χ2v) is 8.24. The van der Waals surface area contributed by atoms with Gasteiger partial charge in [-0.1, -0.05) is 25.3 Å². The summed E-state index contributed by atoms with van der Waals surface area (Å²) >= 11 is 0. The van der Waals surface area contributed by atoms with Gasteiger partial charge in [-0.05, 0) is 24.8 Å². The fraction of sp³-hybridized carbons (Fsp3) is 0.619. The van der Waals surface area contributed by atoms with E-state index in [0.717, 1.165) is 44.7 Å². The zero-order valence-corrected chi connectivity index (χ0v) is 17.8. The number of hydrazine groups is 1. The van der Waals surface area contributed by atoms with Crippen molar-refractivity contribution in [2.24, 2.45) is 5.92 Å². The van der Waals surface area contributed by atoms with Gasteiger partial charge in [0.1, 0.15) is 0 Å². The fourth-order valence-electron chi connectivity index (χ4n) is 4.15. The highest BCUT2D eigenvalue weighted by atomic mass is 16.6. The summed E-state index contributed by atoms with van der Waals surface area (Å²) in [6.45, 7) is 4.27. The molecule has 0 atom stereocenters. The van der Waals surface area contributed by atoms with E-state index in [1.165, 1.54) is 25.3 Å². The number of amides is 3. The summed E-state index contributed by atoms with van der Waals surface area (Å²) in [5.74, 6) is 0.310. The minimum atomic E-state index is -0.386. The van der Waals surface area contributed by atoms with Crippen LogP contribution in [-0.2, 0) is 4.79 Å². The van der Waals surface area contributed by atoms with Crippen LogP contribution < -0.4 is 21.1 Å². The van der Waals surface area contributed by atoms with Gasteiger partial charge in [-0.2, -0.15) is 0 Å². The minimum absolute atomic E-state index is 0.0897. The molecule has 3 rings (SSSR count). The van der Waals surface area contributed by atoms with Crippen LogP contribution in [0.1, 0.15) is 38.5 Å². The van der Waals surface area contributed by atoms with Crippen LogP contribution in [0.25, 0.3) is 0 Å². The SMILES string of the molecule is O=C(CCN1CCN(c2cccc([N+](=O)[O-])c2)CC1)NNC(=O)NCC1CCCCC1. The molecule has 1 heterocycles. The van der Waals surface area contributed by atoms with Gasteiger partial charge in [0.05, 0.1) is 4.92 Å². The number of anilines is 1. The summed E-state index contributed by atoms with van der Waals surface area (Å²) < 4.78 is 0. The number of benzene rings is 1. The number of rotatable bonds is 7. The molecule has 31 heavy (non-hydrogen) atoms. The van der Waals surface area contributed by atoms with E-state index in [2.05, 4.69) is 26.0 Å². The van der Waals surface area contributed by atoms with Crippen molar-refractivity contribution in [3.8, 4) is 0 Å². The molecule has 2 aliphatic rings. The Balaban J connectivity index is 1.29. The summed E-state index contributed by atoms with van der Waals surface area (Å²) in [7, 11) is 0. The zero-order valence-electron chi connectivity index (χ0n) is 17.8. The van der Waals surface area contributed by atoms with Crippen molar-refractivity contribution in [2.45, 2.75) is 38.5 Å². The van der Waals surface area contributed by atoms with Crippen LogP contribution in [0.3, 0.4) is 0 Å². The van der Waals surface area contributed by atoms with Crippen molar-refractivity contribution < 1.29 is 14.5 Å². The monoisotopic (exact) mass is 432 g/mol. The lowest BCUT2D eigenvalue weighted by Crippen LogP contribution is -2.50. The van der Waals surface area contributed by atoms with Crippen molar-refractivity contribution in [1.82, 2.24) is 21.1 Å². The summed E-state index contributed by atoms with van der Waals surface area (Å²) in [5, 5.41) is 13.8.